The van der Waals surface area contributed by atoms with Gasteiger partial charge in [0.15, 0.2) is 5.65 Å². The molecular formula is C14H17BrClN3S. The standard InChI is InChI=1S/C14H17BrClN3S/c1-2-20-11-4-3-10(6-11)19-13(7-16)18-12-5-9(15)8-17-14(12)19/h5,8,10-11H,2-4,6-7H2,1H3. The summed E-state index contributed by atoms with van der Waals surface area (Å²) in [6, 6.07) is 2.51. The van der Waals surface area contributed by atoms with Crippen LogP contribution in [0.4, 0.5) is 0 Å². The van der Waals surface area contributed by atoms with E-state index in [4.69, 9.17) is 11.6 Å². The Morgan fingerprint density at radius 1 is 1.50 bits per heavy atom. The Hall–Kier alpha value is -0.260. The maximum absolute atomic E-state index is 6.09. The number of halogens is 2. The van der Waals surface area contributed by atoms with Crippen molar-refractivity contribution in [2.24, 2.45) is 0 Å². The zero-order chi connectivity index (χ0) is 14.1. The van der Waals surface area contributed by atoms with Crippen LogP contribution in [0.15, 0.2) is 16.7 Å². The van der Waals surface area contributed by atoms with Gasteiger partial charge in [0.2, 0.25) is 0 Å². The first-order valence-electron chi connectivity index (χ1n) is 6.92. The molecule has 2 aromatic heterocycles. The predicted octanol–water partition coefficient (Wildman–Crippen LogP) is 4.78. The fraction of sp³-hybridized carbons (Fsp3) is 0.571. The first-order valence-corrected chi connectivity index (χ1v) is 9.30. The number of rotatable bonds is 4. The summed E-state index contributed by atoms with van der Waals surface area (Å²) < 4.78 is 3.23. The SMILES string of the molecule is CCSC1CCC(n2c(CCl)nc3cc(Br)cnc32)C1. The van der Waals surface area contributed by atoms with E-state index in [1.165, 1.54) is 25.0 Å². The smallest absolute Gasteiger partial charge is 0.160 e. The highest BCUT2D eigenvalue weighted by Gasteiger charge is 2.29. The normalized spacial score (nSPS) is 22.8. The highest BCUT2D eigenvalue weighted by atomic mass is 79.9. The lowest BCUT2D eigenvalue weighted by Crippen LogP contribution is -2.10. The molecule has 0 N–H and O–H groups in total. The van der Waals surface area contributed by atoms with E-state index in [1.54, 1.807) is 0 Å². The number of pyridine rings is 1. The van der Waals surface area contributed by atoms with Crippen molar-refractivity contribution < 1.29 is 0 Å². The zero-order valence-electron chi connectivity index (χ0n) is 11.4. The molecule has 1 saturated carbocycles. The largest absolute Gasteiger partial charge is 0.309 e. The summed E-state index contributed by atoms with van der Waals surface area (Å²) >= 11 is 11.6. The topological polar surface area (TPSA) is 30.7 Å². The molecule has 1 aliphatic rings. The Labute approximate surface area is 136 Å². The molecule has 3 nitrogen and oxygen atoms in total. The van der Waals surface area contributed by atoms with Gasteiger partial charge in [-0.3, -0.25) is 0 Å². The molecule has 20 heavy (non-hydrogen) atoms. The average Bonchev–Trinajstić information content (AvgIpc) is 3.02. The van der Waals surface area contributed by atoms with Crippen LogP contribution in [-0.4, -0.2) is 25.5 Å². The fourth-order valence-corrected chi connectivity index (χ4v) is 4.66. The minimum Gasteiger partial charge on any atom is -0.309 e. The Morgan fingerprint density at radius 3 is 3.10 bits per heavy atom. The van der Waals surface area contributed by atoms with E-state index in [2.05, 4.69) is 49.2 Å². The molecule has 0 spiro atoms. The molecule has 0 bridgehead atoms. The number of hydrogen-bond donors (Lipinski definition) is 0. The van der Waals surface area contributed by atoms with Crippen LogP contribution >= 0.6 is 39.3 Å². The van der Waals surface area contributed by atoms with Crippen LogP contribution in [-0.2, 0) is 5.88 Å². The van der Waals surface area contributed by atoms with Gasteiger partial charge in [0, 0.05) is 22.0 Å². The fourth-order valence-electron chi connectivity index (χ4n) is 3.02. The number of hydrogen-bond acceptors (Lipinski definition) is 3. The highest BCUT2D eigenvalue weighted by Crippen LogP contribution is 2.39. The Bertz CT molecular complexity index is 616. The summed E-state index contributed by atoms with van der Waals surface area (Å²) in [5.41, 5.74) is 1.90. The molecule has 0 amide bonds. The van der Waals surface area contributed by atoms with Crippen LogP contribution in [0, 0.1) is 0 Å². The first-order chi connectivity index (χ1) is 9.72. The molecule has 2 unspecified atom stereocenters. The molecule has 0 aliphatic heterocycles. The Morgan fingerprint density at radius 2 is 2.35 bits per heavy atom. The minimum absolute atomic E-state index is 0.441. The molecule has 2 aromatic rings. The molecule has 1 aliphatic carbocycles. The second-order valence-electron chi connectivity index (χ2n) is 5.07. The van der Waals surface area contributed by atoms with Crippen molar-refractivity contribution in [1.82, 2.24) is 14.5 Å². The Kier molecular flexibility index (Phi) is 4.58. The van der Waals surface area contributed by atoms with Crippen molar-refractivity contribution in [3.8, 4) is 0 Å². The number of nitrogens with zero attached hydrogens (tertiary/aromatic N) is 3. The van der Waals surface area contributed by atoms with Crippen molar-refractivity contribution in [3.63, 3.8) is 0 Å². The summed E-state index contributed by atoms with van der Waals surface area (Å²) in [6.07, 6.45) is 5.52. The van der Waals surface area contributed by atoms with E-state index in [9.17, 15) is 0 Å². The zero-order valence-corrected chi connectivity index (χ0v) is 14.5. The third-order valence-electron chi connectivity index (χ3n) is 3.81. The van der Waals surface area contributed by atoms with Gasteiger partial charge >= 0.3 is 0 Å². The number of aromatic nitrogens is 3. The third-order valence-corrected chi connectivity index (χ3v) is 5.72. The third kappa shape index (κ3) is 2.72. The highest BCUT2D eigenvalue weighted by molar-refractivity contribution is 9.10. The average molecular weight is 375 g/mol. The van der Waals surface area contributed by atoms with Gasteiger partial charge in [-0.05, 0) is 47.0 Å². The van der Waals surface area contributed by atoms with Crippen LogP contribution in [0.1, 0.15) is 38.1 Å². The van der Waals surface area contributed by atoms with Gasteiger partial charge in [-0.1, -0.05) is 6.92 Å². The quantitative estimate of drug-likeness (QED) is 0.722. The molecule has 3 rings (SSSR count). The summed E-state index contributed by atoms with van der Waals surface area (Å²) in [4.78, 5) is 9.19. The van der Waals surface area contributed by atoms with Crippen LogP contribution < -0.4 is 0 Å². The van der Waals surface area contributed by atoms with E-state index in [0.29, 0.717) is 11.9 Å². The second-order valence-corrected chi connectivity index (χ2v) is 7.83. The van der Waals surface area contributed by atoms with Crippen molar-refractivity contribution in [2.45, 2.75) is 43.4 Å². The van der Waals surface area contributed by atoms with Crippen molar-refractivity contribution in [3.05, 3.63) is 22.6 Å². The number of fused-ring (bicyclic) bond motifs is 1. The lowest BCUT2D eigenvalue weighted by atomic mass is 10.2. The molecule has 0 saturated heterocycles. The molecule has 2 atom stereocenters. The molecule has 1 fully saturated rings. The second kappa shape index (κ2) is 6.24. The summed E-state index contributed by atoms with van der Waals surface area (Å²) in [5.74, 6) is 2.57. The number of thioether (sulfide) groups is 1. The van der Waals surface area contributed by atoms with Gasteiger partial charge in [-0.25, -0.2) is 9.97 Å². The molecule has 108 valence electrons. The lowest BCUT2D eigenvalue weighted by molar-refractivity contribution is 0.516. The van der Waals surface area contributed by atoms with Crippen molar-refractivity contribution in [1.29, 1.82) is 0 Å². The summed E-state index contributed by atoms with van der Waals surface area (Å²) in [6.45, 7) is 2.23. The van der Waals surface area contributed by atoms with E-state index in [-0.39, 0.29) is 0 Å². The molecular weight excluding hydrogens is 358 g/mol. The van der Waals surface area contributed by atoms with E-state index >= 15 is 0 Å². The van der Waals surface area contributed by atoms with Crippen LogP contribution in [0.2, 0.25) is 0 Å². The predicted molar refractivity (Wildman–Crippen MR) is 89.6 cm³/mol. The molecule has 2 heterocycles. The maximum Gasteiger partial charge on any atom is 0.160 e. The first kappa shape index (κ1) is 14.7. The van der Waals surface area contributed by atoms with Gasteiger partial charge in [0.25, 0.3) is 0 Å². The molecule has 0 aromatic carbocycles. The maximum atomic E-state index is 6.09. The van der Waals surface area contributed by atoms with Crippen LogP contribution in [0.3, 0.4) is 0 Å². The Balaban J connectivity index is 1.98. The summed E-state index contributed by atoms with van der Waals surface area (Å²) in [5, 5.41) is 0.765. The van der Waals surface area contributed by atoms with Crippen LogP contribution in [0.25, 0.3) is 11.2 Å². The van der Waals surface area contributed by atoms with Crippen LogP contribution in [0.5, 0.6) is 0 Å². The number of imidazole rings is 1. The van der Waals surface area contributed by atoms with E-state index in [1.807, 2.05) is 12.3 Å². The van der Waals surface area contributed by atoms with Gasteiger partial charge in [0.05, 0.1) is 5.88 Å². The van der Waals surface area contributed by atoms with Gasteiger partial charge < -0.3 is 4.57 Å². The van der Waals surface area contributed by atoms with Gasteiger partial charge in [-0.15, -0.1) is 11.6 Å². The van der Waals surface area contributed by atoms with Gasteiger partial charge in [-0.2, -0.15) is 11.8 Å². The van der Waals surface area contributed by atoms with E-state index in [0.717, 1.165) is 26.7 Å². The molecule has 0 radical (unpaired) electrons. The van der Waals surface area contributed by atoms with E-state index < -0.39 is 0 Å². The monoisotopic (exact) mass is 373 g/mol. The van der Waals surface area contributed by atoms with Gasteiger partial charge in [0.1, 0.15) is 11.3 Å². The summed E-state index contributed by atoms with van der Waals surface area (Å²) in [7, 11) is 0. The van der Waals surface area contributed by atoms with Crippen molar-refractivity contribution >= 4 is 50.5 Å². The van der Waals surface area contributed by atoms with Crippen molar-refractivity contribution in [2.75, 3.05) is 5.75 Å². The lowest BCUT2D eigenvalue weighted by Gasteiger charge is -2.15. The number of alkyl halides is 1. The molecule has 6 heteroatoms. The minimum atomic E-state index is 0.441.